The molecule has 0 aliphatic heterocycles. The lowest BCUT2D eigenvalue weighted by atomic mass is 9.72. The van der Waals surface area contributed by atoms with Gasteiger partial charge in [0.2, 0.25) is 0 Å². The molecule has 0 fully saturated rings. The summed E-state index contributed by atoms with van der Waals surface area (Å²) in [6, 6.07) is 11.4. The van der Waals surface area contributed by atoms with Crippen molar-refractivity contribution >= 4 is 22.5 Å². The van der Waals surface area contributed by atoms with E-state index in [0.29, 0.717) is 0 Å². The van der Waals surface area contributed by atoms with Crippen LogP contribution in [0.3, 0.4) is 0 Å². The molecule has 0 nitrogen and oxygen atoms in total. The molecular weight excluding hydrogens is 332 g/mol. The highest BCUT2D eigenvalue weighted by Gasteiger charge is 2.28. The van der Waals surface area contributed by atoms with E-state index in [1.807, 2.05) is 11.3 Å². The van der Waals surface area contributed by atoms with Crippen LogP contribution in [0.4, 0.5) is 0 Å². The van der Waals surface area contributed by atoms with Gasteiger partial charge in [-0.15, -0.1) is 11.3 Å². The Morgan fingerprint density at radius 1 is 1.15 bits per heavy atom. The molecule has 0 atom stereocenters. The van der Waals surface area contributed by atoms with Gasteiger partial charge in [-0.3, -0.25) is 0 Å². The van der Waals surface area contributed by atoms with Gasteiger partial charge >= 0.3 is 0 Å². The monoisotopic (exact) mass is 360 g/mol. The highest BCUT2D eigenvalue weighted by Crippen LogP contribution is 2.43. The van der Waals surface area contributed by atoms with Crippen LogP contribution in [0.25, 0.3) is 11.1 Å². The van der Waals surface area contributed by atoms with Crippen LogP contribution in [-0.4, -0.2) is 0 Å². The van der Waals surface area contributed by atoms with Gasteiger partial charge in [-0.2, -0.15) is 0 Å². The smallest absolute Gasteiger partial charge is 0.0345 e. The van der Waals surface area contributed by atoms with Gasteiger partial charge < -0.3 is 0 Å². The van der Waals surface area contributed by atoms with Crippen molar-refractivity contribution in [2.24, 2.45) is 0 Å². The zero-order valence-electron chi connectivity index (χ0n) is 16.5. The summed E-state index contributed by atoms with van der Waals surface area (Å²) in [4.78, 5) is 1.36. The van der Waals surface area contributed by atoms with E-state index in [1.165, 1.54) is 38.3 Å². The van der Waals surface area contributed by atoms with E-state index in [9.17, 15) is 0 Å². The first-order valence-corrected chi connectivity index (χ1v) is 10.2. The van der Waals surface area contributed by atoms with Crippen molar-refractivity contribution in [3.63, 3.8) is 0 Å². The van der Waals surface area contributed by atoms with Crippen LogP contribution in [0, 0.1) is 0 Å². The van der Waals surface area contributed by atoms with E-state index in [4.69, 9.17) is 0 Å². The number of allylic oxidation sites excluding steroid dienone is 7. The summed E-state index contributed by atoms with van der Waals surface area (Å²) in [5.74, 6) is 0. The summed E-state index contributed by atoms with van der Waals surface area (Å²) in [5, 5.41) is 2.17. The normalized spacial score (nSPS) is 17.3. The molecule has 1 aromatic heterocycles. The lowest BCUT2D eigenvalue weighted by molar-refractivity contribution is 0.527. The molecule has 2 aromatic rings. The molecule has 0 amide bonds. The fraction of sp³-hybridized carbons (Fsp3) is 0.280. The summed E-state index contributed by atoms with van der Waals surface area (Å²) in [6.45, 7) is 11.1. The van der Waals surface area contributed by atoms with Crippen LogP contribution < -0.4 is 0 Å². The molecule has 0 saturated heterocycles. The minimum Gasteiger partial charge on any atom is -0.144 e. The molecule has 26 heavy (non-hydrogen) atoms. The van der Waals surface area contributed by atoms with Gasteiger partial charge in [0.15, 0.2) is 0 Å². The maximum Gasteiger partial charge on any atom is 0.0345 e. The molecule has 0 radical (unpaired) electrons. The molecule has 0 unspecified atom stereocenters. The van der Waals surface area contributed by atoms with Gasteiger partial charge in [-0.25, -0.2) is 0 Å². The summed E-state index contributed by atoms with van der Waals surface area (Å²) in [5.41, 5.74) is 8.31. The standard InChI is InChI=1S/C25H28S/c1-6-18(2)9-7-10-19(3)20-12-13-23-22(17-20)21(14-15-25(23,4)5)24-11-8-16-26-24/h6-14,16-17H,15H2,1-5H3/b9-7+,18-6+,19-10+. The van der Waals surface area contributed by atoms with Crippen molar-refractivity contribution in [3.8, 4) is 0 Å². The average molecular weight is 361 g/mol. The first-order chi connectivity index (χ1) is 12.4. The Kier molecular flexibility index (Phi) is 5.48. The van der Waals surface area contributed by atoms with Crippen molar-refractivity contribution < 1.29 is 0 Å². The third kappa shape index (κ3) is 3.83. The molecule has 0 bridgehead atoms. The lowest BCUT2D eigenvalue weighted by Gasteiger charge is -2.32. The molecule has 0 N–H and O–H groups in total. The predicted molar refractivity (Wildman–Crippen MR) is 118 cm³/mol. The van der Waals surface area contributed by atoms with Gasteiger partial charge in [0.25, 0.3) is 0 Å². The maximum absolute atomic E-state index is 2.42. The van der Waals surface area contributed by atoms with Gasteiger partial charge in [-0.1, -0.05) is 68.0 Å². The molecule has 0 saturated carbocycles. The number of benzene rings is 1. The minimum atomic E-state index is 0.190. The van der Waals surface area contributed by atoms with Crippen molar-refractivity contribution in [2.75, 3.05) is 0 Å². The molecule has 1 aromatic carbocycles. The molecule has 1 aliphatic carbocycles. The topological polar surface area (TPSA) is 0 Å². The number of hydrogen-bond donors (Lipinski definition) is 0. The average Bonchev–Trinajstić information content (AvgIpc) is 3.15. The number of hydrogen-bond acceptors (Lipinski definition) is 1. The Morgan fingerprint density at radius 2 is 1.96 bits per heavy atom. The third-order valence-electron chi connectivity index (χ3n) is 5.26. The number of fused-ring (bicyclic) bond motifs is 1. The molecule has 1 aliphatic rings. The van der Waals surface area contributed by atoms with Crippen molar-refractivity contribution in [3.05, 3.63) is 93.2 Å². The van der Waals surface area contributed by atoms with Gasteiger partial charge in [0, 0.05) is 4.88 Å². The fourth-order valence-corrected chi connectivity index (χ4v) is 4.16. The van der Waals surface area contributed by atoms with Crippen molar-refractivity contribution in [2.45, 2.75) is 46.5 Å². The molecule has 0 spiro atoms. The fourth-order valence-electron chi connectivity index (χ4n) is 3.38. The summed E-state index contributed by atoms with van der Waals surface area (Å²) in [6.07, 6.45) is 12.1. The van der Waals surface area contributed by atoms with Crippen molar-refractivity contribution in [1.29, 1.82) is 0 Å². The highest BCUT2D eigenvalue weighted by atomic mass is 32.1. The van der Waals surface area contributed by atoms with Crippen LogP contribution in [-0.2, 0) is 5.41 Å². The van der Waals surface area contributed by atoms with E-state index in [1.54, 1.807) is 0 Å². The van der Waals surface area contributed by atoms with E-state index in [-0.39, 0.29) is 5.41 Å². The Labute approximate surface area is 162 Å². The van der Waals surface area contributed by atoms with E-state index < -0.39 is 0 Å². The van der Waals surface area contributed by atoms with Gasteiger partial charge in [-0.05, 0) is 78.0 Å². The van der Waals surface area contributed by atoms with Gasteiger partial charge in [0.05, 0.1) is 0 Å². The van der Waals surface area contributed by atoms with E-state index in [0.717, 1.165) is 6.42 Å². The minimum absolute atomic E-state index is 0.190. The Hall–Kier alpha value is -2.12. The summed E-state index contributed by atoms with van der Waals surface area (Å²) < 4.78 is 0. The number of rotatable bonds is 4. The van der Waals surface area contributed by atoms with Crippen LogP contribution in [0.1, 0.15) is 62.6 Å². The molecule has 134 valence electrons. The van der Waals surface area contributed by atoms with Crippen molar-refractivity contribution in [1.82, 2.24) is 0 Å². The first kappa shape index (κ1) is 18.7. The maximum atomic E-state index is 2.42. The Morgan fingerprint density at radius 3 is 2.65 bits per heavy atom. The zero-order chi connectivity index (χ0) is 18.7. The zero-order valence-corrected chi connectivity index (χ0v) is 17.3. The Balaban J connectivity index is 2.03. The van der Waals surface area contributed by atoms with E-state index >= 15 is 0 Å². The third-order valence-corrected chi connectivity index (χ3v) is 6.16. The Bertz CT molecular complexity index is 900. The second-order valence-corrected chi connectivity index (χ2v) is 8.63. The second kappa shape index (κ2) is 7.63. The lowest BCUT2D eigenvalue weighted by Crippen LogP contribution is -2.21. The molecule has 1 heterocycles. The van der Waals surface area contributed by atoms with Crippen LogP contribution in [0.15, 0.2) is 71.7 Å². The second-order valence-electron chi connectivity index (χ2n) is 7.68. The quantitative estimate of drug-likeness (QED) is 0.488. The summed E-state index contributed by atoms with van der Waals surface area (Å²) in [7, 11) is 0. The molecule has 3 rings (SSSR count). The number of thiophene rings is 1. The van der Waals surface area contributed by atoms with Gasteiger partial charge in [0.1, 0.15) is 0 Å². The van der Waals surface area contributed by atoms with E-state index in [2.05, 4.69) is 101 Å². The molecule has 1 heteroatoms. The SMILES string of the molecule is C/C=C(C)/C=C/C=C(\C)c1ccc2c(c1)C(c1cccs1)=CCC2(C)C. The summed E-state index contributed by atoms with van der Waals surface area (Å²) >= 11 is 1.83. The highest BCUT2D eigenvalue weighted by molar-refractivity contribution is 7.11. The van der Waals surface area contributed by atoms with Crippen LogP contribution >= 0.6 is 11.3 Å². The molecular formula is C25H28S. The first-order valence-electron chi connectivity index (χ1n) is 9.29. The van der Waals surface area contributed by atoms with Crippen LogP contribution in [0.2, 0.25) is 0 Å². The van der Waals surface area contributed by atoms with Crippen LogP contribution in [0.5, 0.6) is 0 Å². The largest absolute Gasteiger partial charge is 0.144 e. The predicted octanol–water partition coefficient (Wildman–Crippen LogP) is 7.79.